The summed E-state index contributed by atoms with van der Waals surface area (Å²) in [7, 11) is 1.22. The van der Waals surface area contributed by atoms with Crippen LogP contribution in [0.2, 0.25) is 5.02 Å². The summed E-state index contributed by atoms with van der Waals surface area (Å²) in [4.78, 5) is 36.6. The zero-order valence-electron chi connectivity index (χ0n) is 17.5. The van der Waals surface area contributed by atoms with Crippen molar-refractivity contribution >= 4 is 57.5 Å². The lowest BCUT2D eigenvalue weighted by Crippen LogP contribution is -2.16. The van der Waals surface area contributed by atoms with Crippen molar-refractivity contribution in [1.29, 1.82) is 0 Å². The summed E-state index contributed by atoms with van der Waals surface area (Å²) >= 11 is 8.09. The summed E-state index contributed by atoms with van der Waals surface area (Å²) < 4.78 is 6.66. The highest BCUT2D eigenvalue weighted by Gasteiger charge is 2.25. The number of anilines is 1. The van der Waals surface area contributed by atoms with E-state index in [0.29, 0.717) is 28.1 Å². The van der Waals surface area contributed by atoms with Crippen LogP contribution >= 0.6 is 34.7 Å². The molecular weight excluding hydrogens is 474 g/mol. The average molecular weight is 494 g/mol. The first kappa shape index (κ1) is 23.8. The van der Waals surface area contributed by atoms with Crippen LogP contribution in [-0.2, 0) is 16.1 Å². The van der Waals surface area contributed by atoms with Crippen molar-refractivity contribution in [3.05, 3.63) is 45.3 Å². The van der Waals surface area contributed by atoms with E-state index >= 15 is 0 Å². The fraction of sp³-hybridized carbons (Fsp3) is 0.250. The molecule has 12 heteroatoms. The third kappa shape index (κ3) is 4.95. The van der Waals surface area contributed by atoms with Crippen molar-refractivity contribution in [2.45, 2.75) is 25.5 Å². The van der Waals surface area contributed by atoms with E-state index in [1.54, 1.807) is 19.1 Å². The highest BCUT2D eigenvalue weighted by molar-refractivity contribution is 7.99. The first-order chi connectivity index (χ1) is 15.3. The van der Waals surface area contributed by atoms with Gasteiger partial charge in [-0.25, -0.2) is 4.79 Å². The number of nitrogens with zero attached hydrogens (tertiary/aromatic N) is 3. The van der Waals surface area contributed by atoms with E-state index in [-0.39, 0.29) is 27.1 Å². The Morgan fingerprint density at radius 3 is 2.53 bits per heavy atom. The van der Waals surface area contributed by atoms with Crippen LogP contribution in [0.15, 0.2) is 29.4 Å². The number of rotatable bonds is 8. The number of esters is 1. The molecule has 2 aromatic heterocycles. The van der Waals surface area contributed by atoms with Crippen molar-refractivity contribution in [1.82, 2.24) is 14.8 Å². The standard InChI is InChI=1S/C20H20ClN5O4S2/c1-4-26-17(11-5-7-12(21)8-6-11)24-25-20(26)31-9-13(27)23-18-14(19(29)30-3)10(2)15(32-18)16(22)28/h5-8H,4,9H2,1-3H3,(H2,22,28)(H,23,27). The summed E-state index contributed by atoms with van der Waals surface area (Å²) in [6.07, 6.45) is 0. The van der Waals surface area contributed by atoms with Gasteiger partial charge in [0.2, 0.25) is 5.91 Å². The summed E-state index contributed by atoms with van der Waals surface area (Å²) in [6.45, 7) is 4.14. The van der Waals surface area contributed by atoms with Gasteiger partial charge in [0.25, 0.3) is 5.91 Å². The molecule has 3 aromatic rings. The molecule has 0 aliphatic heterocycles. The molecule has 168 valence electrons. The van der Waals surface area contributed by atoms with Gasteiger partial charge in [0.15, 0.2) is 11.0 Å². The molecule has 1 aromatic carbocycles. The minimum absolute atomic E-state index is 0.0161. The molecule has 3 rings (SSSR count). The third-order valence-corrected chi connectivity index (χ3v) is 6.92. The van der Waals surface area contributed by atoms with Crippen molar-refractivity contribution in [3.63, 3.8) is 0 Å². The Bertz CT molecular complexity index is 1170. The van der Waals surface area contributed by atoms with Crippen LogP contribution in [0.25, 0.3) is 11.4 Å². The molecule has 0 atom stereocenters. The Balaban J connectivity index is 1.76. The highest BCUT2D eigenvalue weighted by atomic mass is 35.5. The molecule has 0 aliphatic carbocycles. The third-order valence-electron chi connectivity index (χ3n) is 4.48. The number of nitrogens with two attached hydrogens (primary N) is 1. The number of hydrogen-bond donors (Lipinski definition) is 2. The zero-order valence-corrected chi connectivity index (χ0v) is 19.9. The van der Waals surface area contributed by atoms with Gasteiger partial charge in [-0.05, 0) is 43.7 Å². The monoisotopic (exact) mass is 493 g/mol. The zero-order chi connectivity index (χ0) is 23.4. The van der Waals surface area contributed by atoms with Crippen LogP contribution in [0.4, 0.5) is 5.00 Å². The maximum Gasteiger partial charge on any atom is 0.341 e. The highest BCUT2D eigenvalue weighted by Crippen LogP contribution is 2.34. The van der Waals surface area contributed by atoms with Crippen LogP contribution in [0.3, 0.4) is 0 Å². The number of benzene rings is 1. The van der Waals surface area contributed by atoms with E-state index in [4.69, 9.17) is 22.1 Å². The molecule has 0 aliphatic rings. The first-order valence-corrected chi connectivity index (χ1v) is 11.6. The quantitative estimate of drug-likeness (QED) is 0.362. The molecule has 0 fully saturated rings. The minimum atomic E-state index is -0.682. The van der Waals surface area contributed by atoms with Crippen molar-refractivity contribution in [2.24, 2.45) is 5.73 Å². The lowest BCUT2D eigenvalue weighted by molar-refractivity contribution is -0.113. The van der Waals surface area contributed by atoms with Crippen LogP contribution < -0.4 is 11.1 Å². The number of carbonyl (C=O) groups is 3. The van der Waals surface area contributed by atoms with Crippen LogP contribution in [0.1, 0.15) is 32.5 Å². The lowest BCUT2D eigenvalue weighted by atomic mass is 10.1. The summed E-state index contributed by atoms with van der Waals surface area (Å²) in [5.41, 5.74) is 6.72. The van der Waals surface area contributed by atoms with E-state index in [9.17, 15) is 14.4 Å². The van der Waals surface area contributed by atoms with Crippen molar-refractivity contribution in [3.8, 4) is 11.4 Å². The molecule has 0 radical (unpaired) electrons. The Kier molecular flexibility index (Phi) is 7.54. The second-order valence-corrected chi connectivity index (χ2v) is 8.91. The number of ether oxygens (including phenoxy) is 1. The lowest BCUT2D eigenvalue weighted by Gasteiger charge is -2.08. The molecule has 2 amide bonds. The van der Waals surface area contributed by atoms with E-state index in [0.717, 1.165) is 16.9 Å². The van der Waals surface area contributed by atoms with Gasteiger partial charge in [-0.3, -0.25) is 9.59 Å². The number of hydrogen-bond acceptors (Lipinski definition) is 8. The predicted molar refractivity (Wildman–Crippen MR) is 124 cm³/mol. The van der Waals surface area contributed by atoms with Gasteiger partial charge in [-0.1, -0.05) is 23.4 Å². The summed E-state index contributed by atoms with van der Waals surface area (Å²) in [5, 5.41) is 12.5. The van der Waals surface area contributed by atoms with Crippen molar-refractivity contribution in [2.75, 3.05) is 18.2 Å². The predicted octanol–water partition coefficient (Wildman–Crippen LogP) is 3.60. The van der Waals surface area contributed by atoms with Gasteiger partial charge >= 0.3 is 5.97 Å². The molecule has 3 N–H and O–H groups in total. The fourth-order valence-electron chi connectivity index (χ4n) is 2.97. The van der Waals surface area contributed by atoms with Gasteiger partial charge < -0.3 is 20.4 Å². The van der Waals surface area contributed by atoms with Gasteiger partial charge in [0.05, 0.1) is 23.3 Å². The number of thioether (sulfide) groups is 1. The second-order valence-electron chi connectivity index (χ2n) is 6.51. The molecule has 9 nitrogen and oxygen atoms in total. The van der Waals surface area contributed by atoms with E-state index in [1.165, 1.54) is 18.9 Å². The minimum Gasteiger partial charge on any atom is -0.465 e. The maximum atomic E-state index is 12.6. The van der Waals surface area contributed by atoms with Gasteiger partial charge in [0.1, 0.15) is 5.00 Å². The first-order valence-electron chi connectivity index (χ1n) is 9.40. The number of aromatic nitrogens is 3. The number of thiophene rings is 1. The molecule has 0 saturated carbocycles. The number of methoxy groups -OCH3 is 1. The number of primary amides is 1. The Morgan fingerprint density at radius 1 is 1.25 bits per heavy atom. The number of carbonyl (C=O) groups excluding carboxylic acids is 3. The smallest absolute Gasteiger partial charge is 0.341 e. The summed E-state index contributed by atoms with van der Waals surface area (Å²) in [6, 6.07) is 7.25. The van der Waals surface area contributed by atoms with Crippen LogP contribution in [0.5, 0.6) is 0 Å². The van der Waals surface area contributed by atoms with Crippen LogP contribution in [0, 0.1) is 6.92 Å². The van der Waals surface area contributed by atoms with Crippen molar-refractivity contribution < 1.29 is 19.1 Å². The Hall–Kier alpha value is -2.89. The normalized spacial score (nSPS) is 10.8. The van der Waals surface area contributed by atoms with E-state index in [1.807, 2.05) is 23.6 Å². The van der Waals surface area contributed by atoms with Gasteiger partial charge in [-0.15, -0.1) is 21.5 Å². The second kappa shape index (κ2) is 10.2. The van der Waals surface area contributed by atoms with Gasteiger partial charge in [-0.2, -0.15) is 0 Å². The topological polar surface area (TPSA) is 129 Å². The largest absolute Gasteiger partial charge is 0.465 e. The average Bonchev–Trinajstić information content (AvgIpc) is 3.32. The van der Waals surface area contributed by atoms with E-state index < -0.39 is 11.9 Å². The maximum absolute atomic E-state index is 12.6. The number of amides is 2. The van der Waals surface area contributed by atoms with Crippen LogP contribution in [-0.4, -0.2) is 45.4 Å². The Labute approximate surface area is 197 Å². The molecule has 0 spiro atoms. The van der Waals surface area contributed by atoms with E-state index in [2.05, 4.69) is 15.5 Å². The molecule has 0 bridgehead atoms. The fourth-order valence-corrected chi connectivity index (χ4v) is 4.96. The molecular formula is C20H20ClN5O4S2. The molecule has 2 heterocycles. The molecule has 0 unspecified atom stereocenters. The number of nitrogens with one attached hydrogen (secondary N) is 1. The Morgan fingerprint density at radius 2 is 1.94 bits per heavy atom. The molecule has 32 heavy (non-hydrogen) atoms. The number of halogens is 1. The summed E-state index contributed by atoms with van der Waals surface area (Å²) in [5.74, 6) is -1.04. The SMILES string of the molecule is CCn1c(SCC(=O)Nc2sc(C(N)=O)c(C)c2C(=O)OC)nnc1-c1ccc(Cl)cc1. The molecule has 0 saturated heterocycles. The van der Waals surface area contributed by atoms with Gasteiger partial charge in [0, 0.05) is 17.1 Å².